The number of aliphatic hydroxyl groups excluding tert-OH is 1. The molecule has 0 aliphatic carbocycles. The van der Waals surface area contributed by atoms with Crippen molar-refractivity contribution in [2.75, 3.05) is 13.2 Å². The summed E-state index contributed by atoms with van der Waals surface area (Å²) in [6.07, 6.45) is 0.570. The maximum atomic E-state index is 10.7. The first-order chi connectivity index (χ1) is 6.70. The van der Waals surface area contributed by atoms with Crippen LogP contribution in [0.25, 0.3) is 0 Å². The lowest BCUT2D eigenvalue weighted by Crippen LogP contribution is -2.25. The molecule has 0 bridgehead atoms. The number of hydrogen-bond donors (Lipinski definition) is 2. The maximum absolute atomic E-state index is 10.7. The lowest BCUT2D eigenvalue weighted by molar-refractivity contribution is -0.105. The zero-order valence-electron chi connectivity index (χ0n) is 7.61. The second-order valence-corrected chi connectivity index (χ2v) is 3.22. The van der Waals surface area contributed by atoms with Crippen LogP contribution in [0.4, 0.5) is 0 Å². The predicted molar refractivity (Wildman–Crippen MR) is 50.0 cm³/mol. The first kappa shape index (κ1) is 10.9. The van der Waals surface area contributed by atoms with Crippen LogP contribution < -0.4 is 5.32 Å². The van der Waals surface area contributed by atoms with E-state index < -0.39 is 8.69 Å². The van der Waals surface area contributed by atoms with E-state index in [0.717, 1.165) is 0 Å². The van der Waals surface area contributed by atoms with Crippen molar-refractivity contribution >= 4 is 15.0 Å². The fourth-order valence-corrected chi connectivity index (χ4v) is 1.37. The van der Waals surface area contributed by atoms with Crippen LogP contribution in [0.15, 0.2) is 22.6 Å². The highest BCUT2D eigenvalue weighted by Crippen LogP contribution is 2.19. The van der Waals surface area contributed by atoms with Gasteiger partial charge in [0.25, 0.3) is 0 Å². The van der Waals surface area contributed by atoms with Crippen LogP contribution in [-0.2, 0) is 13.9 Å². The molecule has 0 aromatic rings. The molecule has 0 radical (unpaired) electrons. The quantitative estimate of drug-likeness (QED) is 0.542. The molecule has 0 aromatic heterocycles. The minimum absolute atomic E-state index is 0.0590. The van der Waals surface area contributed by atoms with Gasteiger partial charge in [-0.3, -0.25) is 9.32 Å². The molecule has 5 nitrogen and oxygen atoms in total. The van der Waals surface area contributed by atoms with Gasteiger partial charge in [-0.2, -0.15) is 0 Å². The van der Waals surface area contributed by atoms with E-state index in [4.69, 9.17) is 0 Å². The normalized spacial score (nSPS) is 17.2. The number of nitrogens with one attached hydrogen (secondary N) is 1. The summed E-state index contributed by atoms with van der Waals surface area (Å²) in [6, 6.07) is 0. The maximum Gasteiger partial charge on any atom is 0.327 e. The summed E-state index contributed by atoms with van der Waals surface area (Å²) in [5, 5.41) is 12.4. The monoisotopic (exact) mass is 215 g/mol. The Kier molecular flexibility index (Phi) is 3.80. The Morgan fingerprint density at radius 1 is 1.71 bits per heavy atom. The third-order valence-corrected chi connectivity index (χ3v) is 2.20. The number of allylic oxidation sites excluding steroid dienone is 2. The van der Waals surface area contributed by atoms with Crippen molar-refractivity contribution < 1.29 is 19.0 Å². The summed E-state index contributed by atoms with van der Waals surface area (Å²) in [6.45, 7) is 2.14. The number of carbonyl (C=O) groups is 1. The molecule has 1 heterocycles. The molecule has 0 amide bonds. The van der Waals surface area contributed by atoms with E-state index in [9.17, 15) is 14.5 Å². The molecule has 0 spiro atoms. The zero-order chi connectivity index (χ0) is 10.6. The molecule has 0 unspecified atom stereocenters. The summed E-state index contributed by atoms with van der Waals surface area (Å²) in [5.74, 6) is -0.0765. The molecule has 0 fully saturated rings. The Morgan fingerprint density at radius 3 is 3.00 bits per heavy atom. The Balaban J connectivity index is 2.93. The molecule has 76 valence electrons. The highest BCUT2D eigenvalue weighted by molar-refractivity contribution is 7.17. The van der Waals surface area contributed by atoms with Gasteiger partial charge >= 0.3 is 8.69 Å². The SMILES string of the molecule is CC1=C(O)C(C=O)=C(COP=O)CN1. The van der Waals surface area contributed by atoms with Crippen molar-refractivity contribution in [1.82, 2.24) is 5.32 Å². The van der Waals surface area contributed by atoms with E-state index in [1.807, 2.05) is 0 Å². The Hall–Kier alpha value is -1.19. The van der Waals surface area contributed by atoms with Crippen LogP contribution in [0.2, 0.25) is 0 Å². The molecular formula is C8H10NO4P. The average molecular weight is 215 g/mol. The van der Waals surface area contributed by atoms with E-state index >= 15 is 0 Å². The van der Waals surface area contributed by atoms with Crippen LogP contribution in [-0.4, -0.2) is 24.5 Å². The molecule has 1 rings (SSSR count). The summed E-state index contributed by atoms with van der Waals surface area (Å²) >= 11 is 0. The molecule has 14 heavy (non-hydrogen) atoms. The van der Waals surface area contributed by atoms with Crippen LogP contribution >= 0.6 is 8.69 Å². The third-order valence-electron chi connectivity index (χ3n) is 1.97. The van der Waals surface area contributed by atoms with Gasteiger partial charge in [-0.05, 0) is 12.5 Å². The van der Waals surface area contributed by atoms with Crippen molar-refractivity contribution in [1.29, 1.82) is 0 Å². The molecule has 6 heteroatoms. The Bertz CT molecular complexity index is 321. The first-order valence-corrected chi connectivity index (χ1v) is 4.69. The number of rotatable bonds is 4. The fourth-order valence-electron chi connectivity index (χ4n) is 1.16. The molecule has 0 aromatic carbocycles. The van der Waals surface area contributed by atoms with Gasteiger partial charge in [0.15, 0.2) is 6.29 Å². The molecule has 1 aliphatic rings. The van der Waals surface area contributed by atoms with Gasteiger partial charge < -0.3 is 10.4 Å². The molecule has 2 N–H and O–H groups in total. The zero-order valence-corrected chi connectivity index (χ0v) is 8.51. The lowest BCUT2D eigenvalue weighted by atomic mass is 10.0. The summed E-state index contributed by atoms with van der Waals surface area (Å²) in [7, 11) is -0.441. The second kappa shape index (κ2) is 4.88. The van der Waals surface area contributed by atoms with Gasteiger partial charge in [0.2, 0.25) is 0 Å². The van der Waals surface area contributed by atoms with Gasteiger partial charge in [-0.25, -0.2) is 4.57 Å². The van der Waals surface area contributed by atoms with Crippen LogP contribution in [0.1, 0.15) is 6.92 Å². The molecule has 0 saturated carbocycles. The number of dihydropyridines is 1. The highest BCUT2D eigenvalue weighted by Gasteiger charge is 2.18. The molecule has 0 atom stereocenters. The minimum atomic E-state index is -0.441. The van der Waals surface area contributed by atoms with Crippen molar-refractivity contribution in [2.45, 2.75) is 6.92 Å². The van der Waals surface area contributed by atoms with E-state index in [-0.39, 0.29) is 17.9 Å². The molecular weight excluding hydrogens is 205 g/mol. The number of hydrogen-bond acceptors (Lipinski definition) is 5. The van der Waals surface area contributed by atoms with E-state index in [1.54, 1.807) is 6.92 Å². The smallest absolute Gasteiger partial charge is 0.327 e. The van der Waals surface area contributed by atoms with Gasteiger partial charge in [0.05, 0.1) is 17.9 Å². The largest absolute Gasteiger partial charge is 0.505 e. The van der Waals surface area contributed by atoms with Crippen molar-refractivity contribution in [3.8, 4) is 0 Å². The van der Waals surface area contributed by atoms with Crippen LogP contribution in [0, 0.1) is 0 Å². The van der Waals surface area contributed by atoms with Gasteiger partial charge in [-0.15, -0.1) is 0 Å². The second-order valence-electron chi connectivity index (χ2n) is 2.81. The minimum Gasteiger partial charge on any atom is -0.505 e. The third kappa shape index (κ3) is 2.19. The molecule has 1 aliphatic heterocycles. The number of aldehydes is 1. The fraction of sp³-hybridized carbons (Fsp3) is 0.375. The van der Waals surface area contributed by atoms with Crippen LogP contribution in [0.5, 0.6) is 0 Å². The predicted octanol–water partition coefficient (Wildman–Crippen LogP) is 1.10. The summed E-state index contributed by atoms with van der Waals surface area (Å²) < 4.78 is 14.7. The van der Waals surface area contributed by atoms with Crippen molar-refractivity contribution in [2.24, 2.45) is 0 Å². The van der Waals surface area contributed by atoms with Gasteiger partial charge in [-0.1, -0.05) is 0 Å². The average Bonchev–Trinajstić information content (AvgIpc) is 2.20. The summed E-state index contributed by atoms with van der Waals surface area (Å²) in [4.78, 5) is 10.7. The Labute approximate surface area is 82.7 Å². The van der Waals surface area contributed by atoms with E-state index in [0.29, 0.717) is 24.1 Å². The van der Waals surface area contributed by atoms with Gasteiger partial charge in [0.1, 0.15) is 5.76 Å². The van der Waals surface area contributed by atoms with E-state index in [1.165, 1.54) is 0 Å². The number of carbonyl (C=O) groups excluding carboxylic acids is 1. The van der Waals surface area contributed by atoms with Crippen molar-refractivity contribution in [3.63, 3.8) is 0 Å². The Morgan fingerprint density at radius 2 is 2.43 bits per heavy atom. The van der Waals surface area contributed by atoms with E-state index in [2.05, 4.69) is 9.84 Å². The highest BCUT2D eigenvalue weighted by atomic mass is 31.1. The first-order valence-electron chi connectivity index (χ1n) is 3.96. The topological polar surface area (TPSA) is 75.6 Å². The number of aliphatic hydroxyl groups is 1. The summed E-state index contributed by atoms with van der Waals surface area (Å²) in [5.41, 5.74) is 1.35. The van der Waals surface area contributed by atoms with Crippen molar-refractivity contribution in [3.05, 3.63) is 22.6 Å². The lowest BCUT2D eigenvalue weighted by Gasteiger charge is -2.19. The molecule has 0 saturated heterocycles. The van der Waals surface area contributed by atoms with Crippen LogP contribution in [0.3, 0.4) is 0 Å². The van der Waals surface area contributed by atoms with Gasteiger partial charge in [0, 0.05) is 6.54 Å². The standard InChI is InChI=1S/C8H10NO4P/c1-5-8(11)7(3-10)6(2-9-5)4-13-14-12/h3,9,11H,2,4H2,1H3.